The second kappa shape index (κ2) is 7.71. The van der Waals surface area contributed by atoms with E-state index in [4.69, 9.17) is 4.55 Å². The molecular formula is C12H17N3O4S. The van der Waals surface area contributed by atoms with Gasteiger partial charge in [0, 0.05) is 12.1 Å². The maximum absolute atomic E-state index is 11.6. The first-order chi connectivity index (χ1) is 9.40. The van der Waals surface area contributed by atoms with Crippen LogP contribution in [0.2, 0.25) is 0 Å². The van der Waals surface area contributed by atoms with Crippen LogP contribution in [0.4, 0.5) is 11.4 Å². The van der Waals surface area contributed by atoms with Crippen LogP contribution < -0.4 is 5.32 Å². The Morgan fingerprint density at radius 3 is 2.45 bits per heavy atom. The van der Waals surface area contributed by atoms with Crippen molar-refractivity contribution in [1.82, 2.24) is 0 Å². The van der Waals surface area contributed by atoms with Crippen molar-refractivity contribution >= 4 is 27.6 Å². The molecule has 1 aromatic rings. The Bertz CT molecular complexity index is 567. The summed E-state index contributed by atoms with van der Waals surface area (Å²) in [5.41, 5.74) is 0.851. The van der Waals surface area contributed by atoms with Crippen molar-refractivity contribution in [2.45, 2.75) is 32.6 Å². The number of amides is 1. The van der Waals surface area contributed by atoms with Crippen molar-refractivity contribution < 1.29 is 17.8 Å². The third kappa shape index (κ3) is 6.95. The molecule has 1 amide bonds. The van der Waals surface area contributed by atoms with E-state index in [-0.39, 0.29) is 11.6 Å². The molecule has 7 nitrogen and oxygen atoms in total. The number of nitrogens with zero attached hydrogens (tertiary/aromatic N) is 2. The molecule has 0 unspecified atom stereocenters. The summed E-state index contributed by atoms with van der Waals surface area (Å²) in [6.45, 7) is 2.07. The van der Waals surface area contributed by atoms with Crippen molar-refractivity contribution in [2.24, 2.45) is 9.63 Å². The molecule has 0 aliphatic heterocycles. The molecule has 0 radical (unpaired) electrons. The van der Waals surface area contributed by atoms with Gasteiger partial charge in [0.05, 0.1) is 5.69 Å². The van der Waals surface area contributed by atoms with Crippen molar-refractivity contribution in [3.8, 4) is 0 Å². The first-order valence-corrected chi connectivity index (χ1v) is 7.61. The summed E-state index contributed by atoms with van der Waals surface area (Å²) in [4.78, 5) is 11.6. The maximum atomic E-state index is 11.6. The van der Waals surface area contributed by atoms with Crippen LogP contribution in [0.3, 0.4) is 0 Å². The number of unbranched alkanes of at least 4 members (excludes halogenated alkanes) is 2. The van der Waals surface area contributed by atoms with Gasteiger partial charge in [-0.15, -0.1) is 5.11 Å². The number of hydrogen-bond acceptors (Lipinski definition) is 4. The van der Waals surface area contributed by atoms with E-state index in [9.17, 15) is 13.2 Å². The fourth-order valence-corrected chi connectivity index (χ4v) is 1.67. The van der Waals surface area contributed by atoms with E-state index in [0.717, 1.165) is 19.3 Å². The molecule has 110 valence electrons. The Hall–Kier alpha value is -1.80. The molecule has 8 heteroatoms. The number of nitrogens with one attached hydrogen (secondary N) is 1. The zero-order valence-corrected chi connectivity index (χ0v) is 11.9. The number of hydrogen-bond donors (Lipinski definition) is 2. The minimum absolute atomic E-state index is 0.0641. The molecule has 0 heterocycles. The Morgan fingerprint density at radius 1 is 1.25 bits per heavy atom. The molecule has 0 saturated carbocycles. The third-order valence-electron chi connectivity index (χ3n) is 2.42. The summed E-state index contributed by atoms with van der Waals surface area (Å²) in [5, 5.41) is 6.05. The second-order valence-corrected chi connectivity index (χ2v) is 5.24. The molecule has 0 bridgehead atoms. The summed E-state index contributed by atoms with van der Waals surface area (Å²) in [7, 11) is -4.48. The van der Waals surface area contributed by atoms with Crippen molar-refractivity contribution in [1.29, 1.82) is 0 Å². The Morgan fingerprint density at radius 2 is 1.90 bits per heavy atom. The van der Waals surface area contributed by atoms with E-state index in [1.54, 1.807) is 12.1 Å². The van der Waals surface area contributed by atoms with E-state index >= 15 is 0 Å². The molecule has 20 heavy (non-hydrogen) atoms. The van der Waals surface area contributed by atoms with Gasteiger partial charge in [-0.05, 0) is 35.2 Å². The number of anilines is 1. The Kier molecular flexibility index (Phi) is 6.26. The van der Waals surface area contributed by atoms with E-state index < -0.39 is 10.3 Å². The first kappa shape index (κ1) is 16.3. The predicted molar refractivity (Wildman–Crippen MR) is 75.3 cm³/mol. The standard InChI is InChI=1S/C12H17N3O4S/c1-2-3-4-5-12(16)13-10-6-8-11(9-7-10)14-15-20(17,18)19/h6-9H,2-5H2,1H3,(H,13,16)(H,17,18,19). The average Bonchev–Trinajstić information content (AvgIpc) is 2.37. The van der Waals surface area contributed by atoms with Crippen LogP contribution in [0, 0.1) is 0 Å². The van der Waals surface area contributed by atoms with Gasteiger partial charge in [-0.2, -0.15) is 8.42 Å². The van der Waals surface area contributed by atoms with Gasteiger partial charge in [0.2, 0.25) is 5.91 Å². The lowest BCUT2D eigenvalue weighted by molar-refractivity contribution is -0.116. The maximum Gasteiger partial charge on any atom is 0.396 e. The van der Waals surface area contributed by atoms with Gasteiger partial charge in [0.1, 0.15) is 0 Å². The molecule has 1 aromatic carbocycles. The van der Waals surface area contributed by atoms with E-state index in [0.29, 0.717) is 12.1 Å². The normalized spacial score (nSPS) is 11.7. The lowest BCUT2D eigenvalue weighted by atomic mass is 10.2. The van der Waals surface area contributed by atoms with Crippen LogP contribution in [0.5, 0.6) is 0 Å². The lowest BCUT2D eigenvalue weighted by Crippen LogP contribution is -2.10. The summed E-state index contributed by atoms with van der Waals surface area (Å²) in [5.74, 6) is -0.0641. The van der Waals surface area contributed by atoms with Crippen LogP contribution >= 0.6 is 0 Å². The van der Waals surface area contributed by atoms with Gasteiger partial charge < -0.3 is 5.32 Å². The largest absolute Gasteiger partial charge is 0.396 e. The topological polar surface area (TPSA) is 108 Å². The fraction of sp³-hybridized carbons (Fsp3) is 0.417. The quantitative estimate of drug-likeness (QED) is 0.458. The monoisotopic (exact) mass is 299 g/mol. The van der Waals surface area contributed by atoms with E-state index in [1.165, 1.54) is 12.1 Å². The molecular weight excluding hydrogens is 282 g/mol. The highest BCUT2D eigenvalue weighted by molar-refractivity contribution is 7.84. The van der Waals surface area contributed by atoms with Gasteiger partial charge in [-0.25, -0.2) is 0 Å². The number of carbonyl (C=O) groups is 1. The van der Waals surface area contributed by atoms with E-state index in [2.05, 4.69) is 21.9 Å². The van der Waals surface area contributed by atoms with Crippen LogP contribution in [0.25, 0.3) is 0 Å². The van der Waals surface area contributed by atoms with Crippen molar-refractivity contribution in [3.63, 3.8) is 0 Å². The molecule has 0 saturated heterocycles. The number of rotatable bonds is 7. The Balaban J connectivity index is 2.54. The van der Waals surface area contributed by atoms with Crippen LogP contribution in [-0.2, 0) is 15.1 Å². The zero-order valence-electron chi connectivity index (χ0n) is 11.1. The van der Waals surface area contributed by atoms with Gasteiger partial charge in [0.25, 0.3) is 0 Å². The molecule has 0 atom stereocenters. The molecule has 0 spiro atoms. The molecule has 0 fully saturated rings. The van der Waals surface area contributed by atoms with Crippen LogP contribution in [0.1, 0.15) is 32.6 Å². The van der Waals surface area contributed by atoms with Gasteiger partial charge in [-0.3, -0.25) is 9.35 Å². The highest BCUT2D eigenvalue weighted by atomic mass is 32.2. The van der Waals surface area contributed by atoms with Crippen LogP contribution in [-0.4, -0.2) is 18.9 Å². The lowest BCUT2D eigenvalue weighted by Gasteiger charge is -2.04. The molecule has 0 aromatic heterocycles. The zero-order chi connectivity index (χ0) is 15.0. The van der Waals surface area contributed by atoms with E-state index in [1.807, 2.05) is 0 Å². The Labute approximate surface area is 118 Å². The minimum Gasteiger partial charge on any atom is -0.326 e. The van der Waals surface area contributed by atoms with Gasteiger partial charge >= 0.3 is 10.3 Å². The highest BCUT2D eigenvalue weighted by Crippen LogP contribution is 2.17. The summed E-state index contributed by atoms with van der Waals surface area (Å²) >= 11 is 0. The fourth-order valence-electron chi connectivity index (χ4n) is 1.47. The smallest absolute Gasteiger partial charge is 0.326 e. The molecule has 0 aliphatic carbocycles. The minimum atomic E-state index is -4.48. The average molecular weight is 299 g/mol. The van der Waals surface area contributed by atoms with Gasteiger partial charge in [-0.1, -0.05) is 19.8 Å². The van der Waals surface area contributed by atoms with Crippen LogP contribution in [0.15, 0.2) is 33.9 Å². The van der Waals surface area contributed by atoms with Gasteiger partial charge in [0.15, 0.2) is 0 Å². The van der Waals surface area contributed by atoms with Crippen molar-refractivity contribution in [2.75, 3.05) is 5.32 Å². The predicted octanol–water partition coefficient (Wildman–Crippen LogP) is 3.09. The molecule has 1 rings (SSSR count). The molecule has 0 aliphatic rings. The summed E-state index contributed by atoms with van der Waals surface area (Å²) in [6, 6.07) is 6.12. The second-order valence-electron chi connectivity index (χ2n) is 4.18. The number of carbonyl (C=O) groups excluding carboxylic acids is 1. The summed E-state index contributed by atoms with van der Waals surface area (Å²) < 4.78 is 31.9. The number of benzene rings is 1. The molecule has 2 N–H and O–H groups in total. The first-order valence-electron chi connectivity index (χ1n) is 6.21. The highest BCUT2D eigenvalue weighted by Gasteiger charge is 2.02. The van der Waals surface area contributed by atoms with Crippen molar-refractivity contribution in [3.05, 3.63) is 24.3 Å². The SMILES string of the molecule is CCCCCC(=O)Nc1ccc(N=NS(=O)(=O)O)cc1. The summed E-state index contributed by atoms with van der Waals surface area (Å²) in [6.07, 6.45) is 3.39. The third-order valence-corrected chi connectivity index (χ3v) is 2.71.